The molecule has 2 aromatic rings. The Kier molecular flexibility index (Phi) is 3.68. The average Bonchev–Trinajstić information content (AvgIpc) is 2.38. The van der Waals surface area contributed by atoms with Gasteiger partial charge in [-0.2, -0.15) is 0 Å². The van der Waals surface area contributed by atoms with Crippen LogP contribution >= 0.6 is 0 Å². The van der Waals surface area contributed by atoms with Crippen molar-refractivity contribution in [1.29, 1.82) is 0 Å². The Hall–Kier alpha value is -1.80. The zero-order chi connectivity index (χ0) is 13.1. The van der Waals surface area contributed by atoms with E-state index in [-0.39, 0.29) is 6.10 Å². The molecule has 0 saturated heterocycles. The quantitative estimate of drug-likeness (QED) is 0.825. The number of rotatable bonds is 4. The fraction of sp³-hybridized carbons (Fsp3) is 0.250. The van der Waals surface area contributed by atoms with Gasteiger partial charge in [0, 0.05) is 10.9 Å². The second kappa shape index (κ2) is 5.23. The van der Waals surface area contributed by atoms with Crippen LogP contribution in [0.4, 0.5) is 0 Å². The second-order valence-electron chi connectivity index (χ2n) is 4.44. The monoisotopic (exact) mass is 242 g/mol. The largest absolute Gasteiger partial charge is 0.486 e. The van der Waals surface area contributed by atoms with Crippen molar-refractivity contribution in [1.82, 2.24) is 0 Å². The minimum Gasteiger partial charge on any atom is -0.486 e. The molecule has 0 bridgehead atoms. The number of ether oxygens (including phenoxy) is 1. The first-order valence-electron chi connectivity index (χ1n) is 6.12. The summed E-state index contributed by atoms with van der Waals surface area (Å²) in [6, 6.07) is 11.9. The molecule has 0 fully saturated rings. The smallest absolute Gasteiger partial charge is 0.133 e. The van der Waals surface area contributed by atoms with Crippen LogP contribution in [-0.4, -0.2) is 11.2 Å². The van der Waals surface area contributed by atoms with Crippen molar-refractivity contribution < 1.29 is 9.84 Å². The molecule has 2 nitrogen and oxygen atoms in total. The molecule has 1 N–H and O–H groups in total. The van der Waals surface area contributed by atoms with Gasteiger partial charge in [-0.05, 0) is 19.2 Å². The van der Waals surface area contributed by atoms with E-state index in [2.05, 4.69) is 6.58 Å². The molecule has 0 aliphatic carbocycles. The third-order valence-electron chi connectivity index (χ3n) is 3.00. The summed E-state index contributed by atoms with van der Waals surface area (Å²) in [6.45, 7) is 7.40. The van der Waals surface area contributed by atoms with Crippen LogP contribution in [-0.2, 0) is 0 Å². The van der Waals surface area contributed by atoms with Gasteiger partial charge in [-0.3, -0.25) is 0 Å². The molecule has 2 unspecified atom stereocenters. The van der Waals surface area contributed by atoms with Crippen LogP contribution in [0, 0.1) is 0 Å². The van der Waals surface area contributed by atoms with Gasteiger partial charge in [0.25, 0.3) is 0 Å². The number of benzene rings is 2. The Bertz CT molecular complexity index is 558. The van der Waals surface area contributed by atoms with E-state index in [0.717, 1.165) is 22.1 Å². The lowest BCUT2D eigenvalue weighted by atomic mass is 10.0. The number of hydrogen-bond acceptors (Lipinski definition) is 2. The molecular formula is C16H18O2. The molecule has 18 heavy (non-hydrogen) atoms. The Balaban J connectivity index is 2.62. The molecule has 0 saturated carbocycles. The summed E-state index contributed by atoms with van der Waals surface area (Å²) < 4.78 is 5.89. The lowest BCUT2D eigenvalue weighted by molar-refractivity contribution is 0.188. The summed E-state index contributed by atoms with van der Waals surface area (Å²) in [6.07, 6.45) is 1.10. The van der Waals surface area contributed by atoms with Crippen LogP contribution in [0.15, 0.2) is 49.1 Å². The molecule has 0 heterocycles. The highest BCUT2D eigenvalue weighted by molar-refractivity contribution is 5.89. The standard InChI is InChI=1S/C16H18O2/c1-4-11(2)18-16-14(12(3)17)10-9-13-7-5-6-8-15(13)16/h4-12,17H,1H2,2-3H3. The van der Waals surface area contributed by atoms with Gasteiger partial charge in [0.05, 0.1) is 6.10 Å². The van der Waals surface area contributed by atoms with Crippen LogP contribution in [0.5, 0.6) is 5.75 Å². The van der Waals surface area contributed by atoms with Crippen LogP contribution in [0.3, 0.4) is 0 Å². The van der Waals surface area contributed by atoms with Gasteiger partial charge in [0.1, 0.15) is 11.9 Å². The normalized spacial score (nSPS) is 14.2. The molecular weight excluding hydrogens is 224 g/mol. The maximum Gasteiger partial charge on any atom is 0.133 e. The molecule has 0 amide bonds. The van der Waals surface area contributed by atoms with E-state index in [1.807, 2.05) is 43.3 Å². The predicted octanol–water partition coefficient (Wildman–Crippen LogP) is 3.85. The lowest BCUT2D eigenvalue weighted by Crippen LogP contribution is -2.10. The van der Waals surface area contributed by atoms with E-state index in [0.29, 0.717) is 0 Å². The highest BCUT2D eigenvalue weighted by Gasteiger charge is 2.14. The Labute approximate surface area is 108 Å². The van der Waals surface area contributed by atoms with Gasteiger partial charge < -0.3 is 9.84 Å². The van der Waals surface area contributed by atoms with E-state index < -0.39 is 6.10 Å². The third kappa shape index (κ3) is 2.39. The summed E-state index contributed by atoms with van der Waals surface area (Å²) in [5.74, 6) is 0.746. The summed E-state index contributed by atoms with van der Waals surface area (Å²) in [7, 11) is 0. The van der Waals surface area contributed by atoms with Crippen molar-refractivity contribution in [3.8, 4) is 5.75 Å². The topological polar surface area (TPSA) is 29.5 Å². The third-order valence-corrected chi connectivity index (χ3v) is 3.00. The summed E-state index contributed by atoms with van der Waals surface area (Å²) in [5.41, 5.74) is 0.808. The first kappa shape index (κ1) is 12.7. The van der Waals surface area contributed by atoms with E-state index in [1.54, 1.807) is 13.0 Å². The van der Waals surface area contributed by atoms with Crippen LogP contribution in [0.2, 0.25) is 0 Å². The van der Waals surface area contributed by atoms with Gasteiger partial charge in [-0.1, -0.05) is 49.1 Å². The molecule has 0 aliphatic heterocycles. The first-order valence-corrected chi connectivity index (χ1v) is 6.12. The molecule has 94 valence electrons. The zero-order valence-electron chi connectivity index (χ0n) is 10.8. The number of aliphatic hydroxyl groups is 1. The second-order valence-corrected chi connectivity index (χ2v) is 4.44. The molecule has 2 aromatic carbocycles. The van der Waals surface area contributed by atoms with Crippen molar-refractivity contribution in [2.24, 2.45) is 0 Å². The Morgan fingerprint density at radius 2 is 1.89 bits per heavy atom. The number of hydrogen-bond donors (Lipinski definition) is 1. The molecule has 2 rings (SSSR count). The van der Waals surface area contributed by atoms with Gasteiger partial charge in [0.2, 0.25) is 0 Å². The van der Waals surface area contributed by atoms with Crippen molar-refractivity contribution in [3.63, 3.8) is 0 Å². The van der Waals surface area contributed by atoms with Crippen molar-refractivity contribution >= 4 is 10.8 Å². The molecule has 0 aromatic heterocycles. The fourth-order valence-corrected chi connectivity index (χ4v) is 1.95. The summed E-state index contributed by atoms with van der Waals surface area (Å²) >= 11 is 0. The number of aliphatic hydroxyl groups excluding tert-OH is 1. The summed E-state index contributed by atoms with van der Waals surface area (Å²) in [5, 5.41) is 12.0. The minimum atomic E-state index is -0.554. The van der Waals surface area contributed by atoms with Gasteiger partial charge in [0.15, 0.2) is 0 Å². The minimum absolute atomic E-state index is 0.0895. The predicted molar refractivity (Wildman–Crippen MR) is 74.9 cm³/mol. The van der Waals surface area contributed by atoms with Crippen LogP contribution in [0.1, 0.15) is 25.5 Å². The van der Waals surface area contributed by atoms with E-state index in [9.17, 15) is 5.11 Å². The van der Waals surface area contributed by atoms with Crippen molar-refractivity contribution in [3.05, 3.63) is 54.6 Å². The van der Waals surface area contributed by atoms with Crippen molar-refractivity contribution in [2.75, 3.05) is 0 Å². The number of fused-ring (bicyclic) bond motifs is 1. The molecule has 0 radical (unpaired) electrons. The van der Waals surface area contributed by atoms with Crippen LogP contribution < -0.4 is 4.74 Å². The van der Waals surface area contributed by atoms with E-state index >= 15 is 0 Å². The average molecular weight is 242 g/mol. The van der Waals surface area contributed by atoms with Crippen LogP contribution in [0.25, 0.3) is 10.8 Å². The van der Waals surface area contributed by atoms with E-state index in [4.69, 9.17) is 4.74 Å². The maximum atomic E-state index is 9.84. The SMILES string of the molecule is C=CC(C)Oc1c(C(C)O)ccc2ccccc12. The highest BCUT2D eigenvalue weighted by Crippen LogP contribution is 2.34. The highest BCUT2D eigenvalue weighted by atomic mass is 16.5. The molecule has 0 spiro atoms. The lowest BCUT2D eigenvalue weighted by Gasteiger charge is -2.18. The Morgan fingerprint density at radius 1 is 1.17 bits per heavy atom. The molecule has 2 atom stereocenters. The fourth-order valence-electron chi connectivity index (χ4n) is 1.95. The molecule has 2 heteroatoms. The van der Waals surface area contributed by atoms with Gasteiger partial charge in [-0.15, -0.1) is 0 Å². The molecule has 0 aliphatic rings. The summed E-state index contributed by atoms with van der Waals surface area (Å²) in [4.78, 5) is 0. The first-order chi connectivity index (χ1) is 8.63. The maximum absolute atomic E-state index is 9.84. The zero-order valence-corrected chi connectivity index (χ0v) is 10.8. The Morgan fingerprint density at radius 3 is 2.56 bits per heavy atom. The van der Waals surface area contributed by atoms with Gasteiger partial charge >= 0.3 is 0 Å². The van der Waals surface area contributed by atoms with E-state index in [1.165, 1.54) is 0 Å². The van der Waals surface area contributed by atoms with Gasteiger partial charge in [-0.25, -0.2) is 0 Å². The van der Waals surface area contributed by atoms with Crippen molar-refractivity contribution in [2.45, 2.75) is 26.1 Å².